The molecule has 0 heterocycles. The molecule has 0 saturated heterocycles. The van der Waals surface area contributed by atoms with Gasteiger partial charge in [-0.25, -0.2) is 4.39 Å². The van der Waals surface area contributed by atoms with Crippen molar-refractivity contribution in [2.75, 3.05) is 0 Å². The molecular formula is C14H12BrCl2FN2. The Morgan fingerprint density at radius 2 is 1.95 bits per heavy atom. The summed E-state index contributed by atoms with van der Waals surface area (Å²) in [5, 5.41) is 0.924. The molecule has 0 aliphatic rings. The average molecular weight is 378 g/mol. The first kappa shape index (κ1) is 15.7. The van der Waals surface area contributed by atoms with E-state index >= 15 is 0 Å². The van der Waals surface area contributed by atoms with Crippen LogP contribution >= 0.6 is 39.1 Å². The SMILES string of the molecule is NNC(Cc1ccc(Br)cc1Cl)c1c(F)cccc1Cl. The van der Waals surface area contributed by atoms with Crippen LogP contribution in [0.5, 0.6) is 0 Å². The molecular weight excluding hydrogens is 366 g/mol. The molecule has 0 saturated carbocycles. The second-order valence-electron chi connectivity index (χ2n) is 4.29. The molecule has 0 radical (unpaired) electrons. The van der Waals surface area contributed by atoms with Crippen molar-refractivity contribution in [2.45, 2.75) is 12.5 Å². The quantitative estimate of drug-likeness (QED) is 0.601. The standard InChI is InChI=1S/C14H12BrCl2FN2/c15-9-5-4-8(11(17)7-9)6-13(20-19)14-10(16)2-1-3-12(14)18/h1-5,7,13,20H,6,19H2. The summed E-state index contributed by atoms with van der Waals surface area (Å²) in [5.41, 5.74) is 3.80. The van der Waals surface area contributed by atoms with Crippen molar-refractivity contribution < 1.29 is 4.39 Å². The van der Waals surface area contributed by atoms with Gasteiger partial charge >= 0.3 is 0 Å². The predicted octanol–water partition coefficient (Wildman–Crippen LogP) is 4.64. The molecule has 2 aromatic rings. The smallest absolute Gasteiger partial charge is 0.129 e. The summed E-state index contributed by atoms with van der Waals surface area (Å²) in [5.74, 6) is 5.15. The molecule has 0 aliphatic carbocycles. The number of halogens is 4. The van der Waals surface area contributed by atoms with Crippen molar-refractivity contribution in [1.29, 1.82) is 0 Å². The van der Waals surface area contributed by atoms with Gasteiger partial charge in [-0.05, 0) is 36.2 Å². The first-order valence-electron chi connectivity index (χ1n) is 5.87. The second kappa shape index (κ2) is 6.87. The van der Waals surface area contributed by atoms with Gasteiger partial charge in [0.2, 0.25) is 0 Å². The minimum atomic E-state index is -0.456. The van der Waals surface area contributed by atoms with E-state index in [1.165, 1.54) is 6.07 Å². The molecule has 0 fully saturated rings. The van der Waals surface area contributed by atoms with E-state index in [2.05, 4.69) is 21.4 Å². The highest BCUT2D eigenvalue weighted by Gasteiger charge is 2.19. The zero-order valence-electron chi connectivity index (χ0n) is 10.3. The maximum Gasteiger partial charge on any atom is 0.129 e. The molecule has 106 valence electrons. The number of hydrogen-bond acceptors (Lipinski definition) is 2. The summed E-state index contributed by atoms with van der Waals surface area (Å²) >= 11 is 15.6. The molecule has 1 atom stereocenters. The molecule has 3 N–H and O–H groups in total. The van der Waals surface area contributed by atoms with E-state index in [9.17, 15) is 4.39 Å². The zero-order chi connectivity index (χ0) is 14.7. The number of hydrogen-bond donors (Lipinski definition) is 2. The van der Waals surface area contributed by atoms with Crippen LogP contribution in [0.3, 0.4) is 0 Å². The monoisotopic (exact) mass is 376 g/mol. The number of benzene rings is 2. The van der Waals surface area contributed by atoms with Crippen LogP contribution in [0.15, 0.2) is 40.9 Å². The van der Waals surface area contributed by atoms with Crippen molar-refractivity contribution in [3.63, 3.8) is 0 Å². The highest BCUT2D eigenvalue weighted by Crippen LogP contribution is 2.30. The Morgan fingerprint density at radius 1 is 1.20 bits per heavy atom. The van der Waals surface area contributed by atoms with Gasteiger partial charge in [0.15, 0.2) is 0 Å². The Labute approximate surface area is 135 Å². The maximum absolute atomic E-state index is 13.9. The van der Waals surface area contributed by atoms with Crippen LogP contribution in [0.4, 0.5) is 4.39 Å². The van der Waals surface area contributed by atoms with Gasteiger partial charge < -0.3 is 0 Å². The van der Waals surface area contributed by atoms with Gasteiger partial charge in [0.25, 0.3) is 0 Å². The molecule has 20 heavy (non-hydrogen) atoms. The van der Waals surface area contributed by atoms with Gasteiger partial charge in [0.1, 0.15) is 5.82 Å². The highest BCUT2D eigenvalue weighted by atomic mass is 79.9. The number of nitrogens with two attached hydrogens (primary N) is 1. The maximum atomic E-state index is 13.9. The van der Waals surface area contributed by atoms with Crippen LogP contribution in [0.1, 0.15) is 17.2 Å². The van der Waals surface area contributed by atoms with Crippen molar-refractivity contribution in [3.8, 4) is 0 Å². The van der Waals surface area contributed by atoms with Crippen molar-refractivity contribution in [1.82, 2.24) is 5.43 Å². The lowest BCUT2D eigenvalue weighted by Crippen LogP contribution is -2.30. The van der Waals surface area contributed by atoms with E-state index in [1.807, 2.05) is 12.1 Å². The normalized spacial score (nSPS) is 12.4. The molecule has 0 amide bonds. The van der Waals surface area contributed by atoms with E-state index < -0.39 is 11.9 Å². The number of nitrogens with one attached hydrogen (secondary N) is 1. The Hall–Kier alpha value is -0.650. The van der Waals surface area contributed by atoms with Crippen molar-refractivity contribution >= 4 is 39.1 Å². The summed E-state index contributed by atoms with van der Waals surface area (Å²) in [4.78, 5) is 0. The van der Waals surface area contributed by atoms with Crippen LogP contribution in [-0.2, 0) is 6.42 Å². The number of hydrazine groups is 1. The zero-order valence-corrected chi connectivity index (χ0v) is 13.4. The molecule has 0 spiro atoms. The second-order valence-corrected chi connectivity index (χ2v) is 6.02. The van der Waals surface area contributed by atoms with Gasteiger partial charge in [-0.2, -0.15) is 0 Å². The Kier molecular flexibility index (Phi) is 5.41. The largest absolute Gasteiger partial charge is 0.271 e. The lowest BCUT2D eigenvalue weighted by atomic mass is 9.99. The summed E-state index contributed by atoms with van der Waals surface area (Å²) in [7, 11) is 0. The van der Waals surface area contributed by atoms with Gasteiger partial charge in [0, 0.05) is 20.1 Å². The topological polar surface area (TPSA) is 38.0 Å². The van der Waals surface area contributed by atoms with Crippen LogP contribution in [0, 0.1) is 5.82 Å². The minimum absolute atomic E-state index is 0.334. The van der Waals surface area contributed by atoms with E-state index in [1.54, 1.807) is 18.2 Å². The fraction of sp³-hybridized carbons (Fsp3) is 0.143. The van der Waals surface area contributed by atoms with E-state index in [0.717, 1.165) is 10.0 Å². The third kappa shape index (κ3) is 3.51. The Balaban J connectivity index is 2.34. The molecule has 0 aliphatic heterocycles. The summed E-state index contributed by atoms with van der Waals surface area (Å²) in [6, 6.07) is 9.61. The molecule has 1 unspecified atom stereocenters. The van der Waals surface area contributed by atoms with Crippen molar-refractivity contribution in [2.24, 2.45) is 5.84 Å². The lowest BCUT2D eigenvalue weighted by molar-refractivity contribution is 0.511. The van der Waals surface area contributed by atoms with Crippen LogP contribution in [0.2, 0.25) is 10.0 Å². The molecule has 2 aromatic carbocycles. The number of rotatable bonds is 4. The van der Waals surface area contributed by atoms with E-state index in [-0.39, 0.29) is 0 Å². The Morgan fingerprint density at radius 3 is 2.55 bits per heavy atom. The first-order chi connectivity index (χ1) is 9.52. The third-order valence-corrected chi connectivity index (χ3v) is 4.16. The van der Waals surface area contributed by atoms with Gasteiger partial charge in [-0.3, -0.25) is 11.3 Å². The summed E-state index contributed by atoms with van der Waals surface area (Å²) in [6.45, 7) is 0. The fourth-order valence-corrected chi connectivity index (χ4v) is 3.04. The highest BCUT2D eigenvalue weighted by molar-refractivity contribution is 9.10. The van der Waals surface area contributed by atoms with Crippen LogP contribution < -0.4 is 11.3 Å². The lowest BCUT2D eigenvalue weighted by Gasteiger charge is -2.19. The molecule has 0 aromatic heterocycles. The molecule has 6 heteroatoms. The molecule has 2 nitrogen and oxygen atoms in total. The first-order valence-corrected chi connectivity index (χ1v) is 7.41. The van der Waals surface area contributed by atoms with Gasteiger partial charge in [0.05, 0.1) is 6.04 Å². The van der Waals surface area contributed by atoms with E-state index in [4.69, 9.17) is 29.0 Å². The molecule has 0 bridgehead atoms. The predicted molar refractivity (Wildman–Crippen MR) is 84.3 cm³/mol. The fourth-order valence-electron chi connectivity index (χ4n) is 2.00. The third-order valence-electron chi connectivity index (χ3n) is 2.99. The van der Waals surface area contributed by atoms with Gasteiger partial charge in [-0.15, -0.1) is 0 Å². The van der Waals surface area contributed by atoms with Crippen molar-refractivity contribution in [3.05, 3.63) is 67.9 Å². The molecule has 2 rings (SSSR count). The van der Waals surface area contributed by atoms with E-state index in [0.29, 0.717) is 22.0 Å². The summed E-state index contributed by atoms with van der Waals surface area (Å²) in [6.07, 6.45) is 0.434. The van der Waals surface area contributed by atoms with Crippen LogP contribution in [-0.4, -0.2) is 0 Å². The minimum Gasteiger partial charge on any atom is -0.271 e. The van der Waals surface area contributed by atoms with Crippen LogP contribution in [0.25, 0.3) is 0 Å². The van der Waals surface area contributed by atoms with Gasteiger partial charge in [-0.1, -0.05) is 51.3 Å². The summed E-state index contributed by atoms with van der Waals surface area (Å²) < 4.78 is 14.8. The Bertz CT molecular complexity index is 602. The average Bonchev–Trinajstić information content (AvgIpc) is 2.39.